The van der Waals surface area contributed by atoms with Crippen LogP contribution in [-0.4, -0.2) is 66.6 Å². The minimum atomic E-state index is -5.17. The van der Waals surface area contributed by atoms with Gasteiger partial charge in [0, 0.05) is 21.8 Å². The van der Waals surface area contributed by atoms with Crippen molar-refractivity contribution in [2.75, 3.05) is 20.3 Å². The first-order chi connectivity index (χ1) is 15.4. The van der Waals surface area contributed by atoms with E-state index >= 15 is 0 Å². The van der Waals surface area contributed by atoms with Crippen molar-refractivity contribution in [2.45, 2.75) is 70.0 Å². The maximum Gasteiger partial charge on any atom is 0.490 e. The molecule has 1 aliphatic rings. The molecule has 1 aromatic rings. The Balaban J connectivity index is 2.11. The Labute approximate surface area is 238 Å². The van der Waals surface area contributed by atoms with Gasteiger partial charge in [-0.25, -0.2) is 9.59 Å². The molecule has 1 aliphatic heterocycles. The molecule has 0 radical (unpaired) electrons. The molecule has 1 aromatic carbocycles. The average molecular weight is 823 g/mol. The van der Waals surface area contributed by atoms with Gasteiger partial charge in [0.15, 0.2) is 6.10 Å². The Morgan fingerprint density at radius 3 is 2.18 bits per heavy atom. The summed E-state index contributed by atoms with van der Waals surface area (Å²) in [5.74, 6) is -3.06. The van der Waals surface area contributed by atoms with Gasteiger partial charge < -0.3 is 14.2 Å². The van der Waals surface area contributed by atoms with Gasteiger partial charge in [-0.1, -0.05) is 0 Å². The predicted octanol–water partition coefficient (Wildman–Crippen LogP) is 5.80. The number of rotatable bonds is 7. The number of hydrogen-bond donors (Lipinski definition) is 0. The van der Waals surface area contributed by atoms with Crippen molar-refractivity contribution in [1.29, 1.82) is 0 Å². The molecule has 6 nitrogen and oxygen atoms in total. The van der Waals surface area contributed by atoms with Crippen LogP contribution in [0.5, 0.6) is 0 Å². The lowest BCUT2D eigenvalue weighted by Crippen LogP contribution is -2.60. The zero-order valence-corrected chi connectivity index (χ0v) is 25.9. The van der Waals surface area contributed by atoms with Crippen molar-refractivity contribution < 1.29 is 37.0 Å². The fourth-order valence-electron chi connectivity index (χ4n) is 3.93. The molecule has 1 saturated heterocycles. The average Bonchev–Trinajstić information content (AvgIpc) is 2.69. The number of piperidine rings is 1. The molecule has 0 aromatic heterocycles. The molecule has 1 heterocycles. The monoisotopic (exact) mass is 823 g/mol. The van der Waals surface area contributed by atoms with Crippen LogP contribution in [0, 0.1) is 10.7 Å². The Hall–Kier alpha value is 0.0600. The fourth-order valence-corrected chi connectivity index (χ4v) is 6.30. The van der Waals surface area contributed by atoms with E-state index in [4.69, 9.17) is 9.47 Å². The van der Waals surface area contributed by atoms with Gasteiger partial charge in [0.2, 0.25) is 0 Å². The Kier molecular flexibility index (Phi) is 10.4. The van der Waals surface area contributed by atoms with Gasteiger partial charge in [-0.15, -0.1) is 0 Å². The second-order valence-corrected chi connectivity index (χ2v) is 12.9. The van der Waals surface area contributed by atoms with Gasteiger partial charge in [0.1, 0.15) is 6.61 Å². The Morgan fingerprint density at radius 1 is 1.09 bits per heavy atom. The molecule has 1 unspecified atom stereocenters. The number of halogens is 6. The third kappa shape index (κ3) is 8.03. The summed E-state index contributed by atoms with van der Waals surface area (Å²) in [4.78, 5) is 26.4. The predicted molar refractivity (Wildman–Crippen MR) is 146 cm³/mol. The molecule has 12 heteroatoms. The topological polar surface area (TPSA) is 65.1 Å². The summed E-state index contributed by atoms with van der Waals surface area (Å²) in [6, 6.07) is 3.51. The first-order valence-corrected chi connectivity index (χ1v) is 13.6. The van der Waals surface area contributed by atoms with Crippen LogP contribution >= 0.6 is 67.8 Å². The Morgan fingerprint density at radius 2 is 1.65 bits per heavy atom. The maximum absolute atomic E-state index is 12.8. The van der Waals surface area contributed by atoms with Gasteiger partial charge in [-0.05, 0) is 127 Å². The summed E-state index contributed by atoms with van der Waals surface area (Å²) in [6.45, 7) is 7.39. The van der Waals surface area contributed by atoms with Crippen LogP contribution < -0.4 is 0 Å². The van der Waals surface area contributed by atoms with Crippen LogP contribution in [0.15, 0.2) is 12.1 Å². The van der Waals surface area contributed by atoms with Crippen molar-refractivity contribution in [3.8, 4) is 0 Å². The summed E-state index contributed by atoms with van der Waals surface area (Å²) in [5, 5.41) is 0. The van der Waals surface area contributed by atoms with E-state index in [1.54, 1.807) is 6.07 Å². The van der Waals surface area contributed by atoms with E-state index in [-0.39, 0.29) is 29.4 Å². The number of carbonyl (C=O) groups is 2. The molecular formula is C22H27F3I3NO5. The van der Waals surface area contributed by atoms with Crippen LogP contribution in [0.3, 0.4) is 0 Å². The van der Waals surface area contributed by atoms with Gasteiger partial charge in [-0.3, -0.25) is 4.90 Å². The first kappa shape index (κ1) is 30.3. The van der Waals surface area contributed by atoms with Crippen LogP contribution in [0.4, 0.5) is 13.2 Å². The highest BCUT2D eigenvalue weighted by atomic mass is 127. The third-order valence-corrected chi connectivity index (χ3v) is 9.57. The van der Waals surface area contributed by atoms with Crippen molar-refractivity contribution in [3.05, 3.63) is 28.4 Å². The maximum atomic E-state index is 12.8. The largest absolute Gasteiger partial charge is 0.490 e. The van der Waals surface area contributed by atoms with Crippen molar-refractivity contribution in [2.24, 2.45) is 0 Å². The molecular weight excluding hydrogens is 796 g/mol. The summed E-state index contributed by atoms with van der Waals surface area (Å²) in [5.41, 5.74) is -0.109. The van der Waals surface area contributed by atoms with E-state index in [2.05, 4.69) is 82.5 Å². The fraction of sp³-hybridized carbons (Fsp3) is 0.636. The van der Waals surface area contributed by atoms with E-state index < -0.39 is 30.8 Å². The van der Waals surface area contributed by atoms with Gasteiger partial charge >= 0.3 is 18.1 Å². The highest BCUT2D eigenvalue weighted by Crippen LogP contribution is 2.38. The number of carbonyl (C=O) groups excluding carboxylic acids is 2. The standard InChI is InChI=1S/C22H27F3I3NO5/c1-20(2)8-13(9-21(3,4)29(20)5)32-10-14(34-19(31)22(23,24)25)11-33-18(30)15-6-12(26)7-16(27)17(15)28/h6-7,13-14H,8-11H2,1-5H3. The number of ether oxygens (including phenoxy) is 3. The first-order valence-electron chi connectivity index (χ1n) is 10.4. The second kappa shape index (κ2) is 11.6. The molecule has 0 bridgehead atoms. The zero-order chi connectivity index (χ0) is 26.1. The molecule has 2 rings (SSSR count). The SMILES string of the molecule is CN1C(C)(C)CC(OCC(COC(=O)c2cc(I)cc(I)c2I)OC(=O)C(F)(F)F)CC1(C)C. The summed E-state index contributed by atoms with van der Waals surface area (Å²) >= 11 is 6.14. The number of likely N-dealkylation sites (tertiary alicyclic amines) is 1. The van der Waals surface area contributed by atoms with Gasteiger partial charge in [0.05, 0.1) is 18.3 Å². The van der Waals surface area contributed by atoms with Crippen molar-refractivity contribution in [1.82, 2.24) is 4.90 Å². The molecule has 34 heavy (non-hydrogen) atoms. The Bertz CT molecular complexity index is 906. The highest BCUT2D eigenvalue weighted by molar-refractivity contribution is 14.1. The molecule has 192 valence electrons. The molecule has 1 atom stereocenters. The van der Waals surface area contributed by atoms with Crippen LogP contribution in [-0.2, 0) is 19.0 Å². The number of nitrogens with zero attached hydrogens (tertiary/aromatic N) is 1. The number of alkyl halides is 3. The minimum Gasteiger partial charge on any atom is -0.458 e. The lowest BCUT2D eigenvalue weighted by Gasteiger charge is -2.53. The highest BCUT2D eigenvalue weighted by Gasteiger charge is 2.45. The van der Waals surface area contributed by atoms with Gasteiger partial charge in [-0.2, -0.15) is 13.2 Å². The number of benzene rings is 1. The lowest BCUT2D eigenvalue weighted by atomic mass is 9.79. The molecule has 0 spiro atoms. The van der Waals surface area contributed by atoms with Crippen molar-refractivity contribution >= 4 is 79.7 Å². The van der Waals surface area contributed by atoms with Gasteiger partial charge in [0.25, 0.3) is 0 Å². The summed E-state index contributed by atoms with van der Waals surface area (Å²) < 4.78 is 56.6. The molecule has 0 aliphatic carbocycles. The second-order valence-electron chi connectivity index (χ2n) is 9.42. The number of esters is 2. The van der Waals surface area contributed by atoms with E-state index in [1.165, 1.54) is 0 Å². The molecule has 0 amide bonds. The zero-order valence-electron chi connectivity index (χ0n) is 19.4. The van der Waals surface area contributed by atoms with Crippen LogP contribution in [0.1, 0.15) is 50.9 Å². The lowest BCUT2D eigenvalue weighted by molar-refractivity contribution is -0.210. The number of hydrogen-bond acceptors (Lipinski definition) is 6. The van der Waals surface area contributed by atoms with E-state index in [1.807, 2.05) is 35.7 Å². The van der Waals surface area contributed by atoms with Crippen LogP contribution in [0.2, 0.25) is 0 Å². The quantitative estimate of drug-likeness (QED) is 0.197. The molecule has 0 N–H and O–H groups in total. The smallest absolute Gasteiger partial charge is 0.458 e. The van der Waals surface area contributed by atoms with E-state index in [0.29, 0.717) is 16.4 Å². The molecule has 1 fully saturated rings. The summed E-state index contributed by atoms with van der Waals surface area (Å²) in [7, 11) is 2.02. The van der Waals surface area contributed by atoms with E-state index in [9.17, 15) is 22.8 Å². The minimum absolute atomic E-state index is 0.199. The van der Waals surface area contributed by atoms with E-state index in [0.717, 1.165) is 7.14 Å². The third-order valence-electron chi connectivity index (χ3n) is 5.91. The molecule has 0 saturated carbocycles. The van der Waals surface area contributed by atoms with Crippen LogP contribution in [0.25, 0.3) is 0 Å². The summed E-state index contributed by atoms with van der Waals surface area (Å²) in [6.07, 6.45) is -5.54. The van der Waals surface area contributed by atoms with Crippen molar-refractivity contribution in [3.63, 3.8) is 0 Å². The normalized spacial score (nSPS) is 19.5.